The number of carbonyl (C=O) groups excluding carboxylic acids is 2. The molecule has 6 nitrogen and oxygen atoms in total. The second-order valence-corrected chi connectivity index (χ2v) is 7.10. The van der Waals surface area contributed by atoms with Gasteiger partial charge in [-0.05, 0) is 37.1 Å². The number of pyridine rings is 1. The minimum atomic E-state index is -0.327. The summed E-state index contributed by atoms with van der Waals surface area (Å²) in [7, 11) is 1.59. The number of aromatic nitrogens is 1. The molecule has 1 saturated heterocycles. The van der Waals surface area contributed by atoms with E-state index in [2.05, 4.69) is 4.98 Å². The summed E-state index contributed by atoms with van der Waals surface area (Å²) in [5.74, 6) is 0.332. The first-order valence-corrected chi connectivity index (χ1v) is 9.31. The summed E-state index contributed by atoms with van der Waals surface area (Å²) in [6, 6.07) is 13.4. The lowest BCUT2D eigenvalue weighted by Gasteiger charge is -2.25. The summed E-state index contributed by atoms with van der Waals surface area (Å²) < 4.78 is 5.38. The summed E-state index contributed by atoms with van der Waals surface area (Å²) in [4.78, 5) is 33.7. The molecule has 2 fully saturated rings. The van der Waals surface area contributed by atoms with Gasteiger partial charge in [-0.25, -0.2) is 0 Å². The molecule has 0 N–H and O–H groups in total. The Morgan fingerprint density at radius 3 is 2.70 bits per heavy atom. The molecule has 6 heteroatoms. The Balaban J connectivity index is 1.51. The molecule has 1 aliphatic heterocycles. The first-order chi connectivity index (χ1) is 13.2. The van der Waals surface area contributed by atoms with Gasteiger partial charge in [0.1, 0.15) is 5.75 Å². The number of nitrogens with zero attached hydrogens (tertiary/aromatic N) is 3. The zero-order chi connectivity index (χ0) is 18.8. The summed E-state index contributed by atoms with van der Waals surface area (Å²) in [6.07, 6.45) is 4.03. The number of hydrogen-bond donors (Lipinski definition) is 0. The summed E-state index contributed by atoms with van der Waals surface area (Å²) in [6.45, 7) is 0.896. The zero-order valence-corrected chi connectivity index (χ0v) is 15.4. The fraction of sp³-hybridized carbons (Fsp3) is 0.381. The maximum absolute atomic E-state index is 13.2. The van der Waals surface area contributed by atoms with E-state index in [-0.39, 0.29) is 30.2 Å². The standard InChI is InChI=1S/C21H23N3O3/c1-27-19-8-3-2-7-18(19)24-13-15(12-20(24)25)21(26)23(17-9-10-17)14-16-6-4-5-11-22-16/h2-8,11,15,17H,9-10,12-14H2,1H3. The highest BCUT2D eigenvalue weighted by Gasteiger charge is 2.42. The van der Waals surface area contributed by atoms with E-state index in [1.807, 2.05) is 47.4 Å². The maximum atomic E-state index is 13.2. The molecule has 27 heavy (non-hydrogen) atoms. The molecular weight excluding hydrogens is 342 g/mol. The molecule has 1 atom stereocenters. The Bertz CT molecular complexity index is 836. The number of benzene rings is 1. The molecule has 2 amide bonds. The van der Waals surface area contributed by atoms with Crippen LogP contribution >= 0.6 is 0 Å². The van der Waals surface area contributed by atoms with Gasteiger partial charge in [0.05, 0.1) is 31.0 Å². The van der Waals surface area contributed by atoms with E-state index in [1.165, 1.54) is 0 Å². The highest BCUT2D eigenvalue weighted by atomic mass is 16.5. The lowest BCUT2D eigenvalue weighted by Crippen LogP contribution is -2.38. The Kier molecular flexibility index (Phi) is 4.79. The Morgan fingerprint density at radius 2 is 2.00 bits per heavy atom. The fourth-order valence-corrected chi connectivity index (χ4v) is 3.63. The molecule has 4 rings (SSSR count). The second kappa shape index (κ2) is 7.39. The summed E-state index contributed by atoms with van der Waals surface area (Å²) in [5.41, 5.74) is 1.60. The Hall–Kier alpha value is -2.89. The minimum Gasteiger partial charge on any atom is -0.495 e. The third kappa shape index (κ3) is 3.65. The van der Waals surface area contributed by atoms with Gasteiger partial charge < -0.3 is 14.5 Å². The van der Waals surface area contributed by atoms with E-state index in [0.29, 0.717) is 18.8 Å². The van der Waals surface area contributed by atoms with Crippen molar-refractivity contribution in [2.24, 2.45) is 5.92 Å². The van der Waals surface area contributed by atoms with Crippen molar-refractivity contribution < 1.29 is 14.3 Å². The normalized spacial score (nSPS) is 19.2. The maximum Gasteiger partial charge on any atom is 0.228 e. The van der Waals surface area contributed by atoms with Crippen LogP contribution in [0, 0.1) is 5.92 Å². The van der Waals surface area contributed by atoms with E-state index >= 15 is 0 Å². The van der Waals surface area contributed by atoms with E-state index in [4.69, 9.17) is 4.74 Å². The van der Waals surface area contributed by atoms with Crippen molar-refractivity contribution >= 4 is 17.5 Å². The number of ether oxygens (including phenoxy) is 1. The lowest BCUT2D eigenvalue weighted by molar-refractivity contribution is -0.137. The van der Waals surface area contributed by atoms with Crippen LogP contribution in [0.4, 0.5) is 5.69 Å². The number of anilines is 1. The van der Waals surface area contributed by atoms with Crippen molar-refractivity contribution in [1.82, 2.24) is 9.88 Å². The first kappa shape index (κ1) is 17.5. The molecule has 2 aromatic rings. The molecule has 140 valence electrons. The van der Waals surface area contributed by atoms with Crippen LogP contribution < -0.4 is 9.64 Å². The monoisotopic (exact) mass is 365 g/mol. The quantitative estimate of drug-likeness (QED) is 0.789. The van der Waals surface area contributed by atoms with Crippen LogP contribution in [0.25, 0.3) is 0 Å². The average molecular weight is 365 g/mol. The number of methoxy groups -OCH3 is 1. The summed E-state index contributed by atoms with van der Waals surface area (Å²) in [5, 5.41) is 0. The van der Waals surface area contributed by atoms with E-state index < -0.39 is 0 Å². The fourth-order valence-electron chi connectivity index (χ4n) is 3.63. The number of rotatable bonds is 6. The van der Waals surface area contributed by atoms with Crippen molar-refractivity contribution in [2.45, 2.75) is 31.8 Å². The molecule has 0 spiro atoms. The van der Waals surface area contributed by atoms with Gasteiger partial charge in [-0.3, -0.25) is 14.6 Å². The summed E-state index contributed by atoms with van der Waals surface area (Å²) >= 11 is 0. The van der Waals surface area contributed by atoms with Crippen LogP contribution in [0.1, 0.15) is 25.0 Å². The largest absolute Gasteiger partial charge is 0.495 e. The van der Waals surface area contributed by atoms with Crippen LogP contribution in [0.2, 0.25) is 0 Å². The minimum absolute atomic E-state index is 0.0357. The van der Waals surface area contributed by atoms with E-state index in [1.54, 1.807) is 18.2 Å². The van der Waals surface area contributed by atoms with Crippen molar-refractivity contribution in [3.8, 4) is 5.75 Å². The third-order valence-electron chi connectivity index (χ3n) is 5.18. The molecule has 0 radical (unpaired) electrons. The van der Waals surface area contributed by atoms with E-state index in [9.17, 15) is 9.59 Å². The Labute approximate surface area is 158 Å². The van der Waals surface area contributed by atoms with Gasteiger partial charge in [-0.15, -0.1) is 0 Å². The van der Waals surface area contributed by atoms with Crippen LogP contribution in [0.3, 0.4) is 0 Å². The SMILES string of the molecule is COc1ccccc1N1CC(C(=O)N(Cc2ccccn2)C2CC2)CC1=O. The third-order valence-corrected chi connectivity index (χ3v) is 5.18. The number of carbonyl (C=O) groups is 2. The second-order valence-electron chi connectivity index (χ2n) is 7.10. The predicted octanol–water partition coefficient (Wildman–Crippen LogP) is 2.63. The smallest absolute Gasteiger partial charge is 0.228 e. The van der Waals surface area contributed by atoms with Gasteiger partial charge in [-0.2, -0.15) is 0 Å². The molecule has 2 heterocycles. The molecule has 1 saturated carbocycles. The molecule has 1 aromatic heterocycles. The molecular formula is C21H23N3O3. The molecule has 0 bridgehead atoms. The zero-order valence-electron chi connectivity index (χ0n) is 15.4. The van der Waals surface area contributed by atoms with Gasteiger partial charge in [0, 0.05) is 25.2 Å². The van der Waals surface area contributed by atoms with Crippen LogP contribution in [-0.2, 0) is 16.1 Å². The van der Waals surface area contributed by atoms with Gasteiger partial charge in [0.2, 0.25) is 11.8 Å². The van der Waals surface area contributed by atoms with Crippen molar-refractivity contribution in [1.29, 1.82) is 0 Å². The topological polar surface area (TPSA) is 62.7 Å². The highest BCUT2D eigenvalue weighted by Crippen LogP contribution is 2.35. The predicted molar refractivity (Wildman–Crippen MR) is 101 cm³/mol. The van der Waals surface area contributed by atoms with Gasteiger partial charge >= 0.3 is 0 Å². The van der Waals surface area contributed by atoms with Gasteiger partial charge in [0.15, 0.2) is 0 Å². The van der Waals surface area contributed by atoms with Crippen molar-refractivity contribution in [3.05, 3.63) is 54.4 Å². The number of amides is 2. The Morgan fingerprint density at radius 1 is 1.22 bits per heavy atom. The number of hydrogen-bond acceptors (Lipinski definition) is 4. The van der Waals surface area contributed by atoms with Crippen LogP contribution in [0.15, 0.2) is 48.7 Å². The molecule has 1 aromatic carbocycles. The first-order valence-electron chi connectivity index (χ1n) is 9.31. The average Bonchev–Trinajstić information content (AvgIpc) is 3.48. The number of para-hydroxylation sites is 2. The van der Waals surface area contributed by atoms with Crippen molar-refractivity contribution in [2.75, 3.05) is 18.6 Å². The van der Waals surface area contributed by atoms with Crippen LogP contribution in [-0.4, -0.2) is 41.4 Å². The highest BCUT2D eigenvalue weighted by molar-refractivity contribution is 6.01. The van der Waals surface area contributed by atoms with Gasteiger partial charge in [-0.1, -0.05) is 18.2 Å². The molecule has 1 aliphatic carbocycles. The van der Waals surface area contributed by atoms with E-state index in [0.717, 1.165) is 24.2 Å². The molecule has 1 unspecified atom stereocenters. The molecule has 2 aliphatic rings. The van der Waals surface area contributed by atoms with Crippen molar-refractivity contribution in [3.63, 3.8) is 0 Å². The van der Waals surface area contributed by atoms with Gasteiger partial charge in [0.25, 0.3) is 0 Å². The van der Waals surface area contributed by atoms with Crippen LogP contribution in [0.5, 0.6) is 5.75 Å². The lowest BCUT2D eigenvalue weighted by atomic mass is 10.1.